The molecule has 2 rings (SSSR count). The lowest BCUT2D eigenvalue weighted by molar-refractivity contribution is -0.140. The largest absolute Gasteiger partial charge is 0.497 e. The predicted octanol–water partition coefficient (Wildman–Crippen LogP) is 4.69. The van der Waals surface area contributed by atoms with E-state index < -0.39 is 6.04 Å². The van der Waals surface area contributed by atoms with Gasteiger partial charge in [-0.25, -0.2) is 0 Å². The van der Waals surface area contributed by atoms with Gasteiger partial charge in [-0.3, -0.25) is 9.59 Å². The van der Waals surface area contributed by atoms with Gasteiger partial charge in [-0.1, -0.05) is 50.2 Å². The van der Waals surface area contributed by atoms with Crippen molar-refractivity contribution in [3.8, 4) is 5.75 Å². The van der Waals surface area contributed by atoms with Gasteiger partial charge >= 0.3 is 0 Å². The van der Waals surface area contributed by atoms with Gasteiger partial charge < -0.3 is 15.0 Å². The Morgan fingerprint density at radius 2 is 1.65 bits per heavy atom. The molecule has 31 heavy (non-hydrogen) atoms. The Morgan fingerprint density at radius 3 is 2.23 bits per heavy atom. The van der Waals surface area contributed by atoms with Crippen molar-refractivity contribution in [2.45, 2.75) is 72.0 Å². The lowest BCUT2D eigenvalue weighted by Gasteiger charge is -2.29. The van der Waals surface area contributed by atoms with Crippen LogP contribution in [0.3, 0.4) is 0 Å². The minimum absolute atomic E-state index is 0.0168. The molecule has 0 fully saturated rings. The second-order valence-electron chi connectivity index (χ2n) is 8.61. The average molecular weight is 425 g/mol. The summed E-state index contributed by atoms with van der Waals surface area (Å²) in [6.45, 7) is 10.3. The maximum absolute atomic E-state index is 13.2. The molecule has 0 heterocycles. The van der Waals surface area contributed by atoms with Crippen molar-refractivity contribution in [3.05, 3.63) is 65.2 Å². The molecule has 0 aliphatic carbocycles. The zero-order chi connectivity index (χ0) is 23.0. The fourth-order valence-corrected chi connectivity index (χ4v) is 3.42. The highest BCUT2D eigenvalue weighted by atomic mass is 16.5. The predicted molar refractivity (Wildman–Crippen MR) is 125 cm³/mol. The third-order valence-corrected chi connectivity index (χ3v) is 5.36. The van der Waals surface area contributed by atoms with E-state index in [-0.39, 0.29) is 17.9 Å². The molecule has 2 aromatic carbocycles. The fourth-order valence-electron chi connectivity index (χ4n) is 3.42. The standard InChI is InChI=1S/C26H36N2O3/c1-18(2)23-13-10-21(11-14-23)12-15-25(29)28(20(5)26(30)27-19(3)4)17-22-8-7-9-24(16-22)31-6/h7-11,13-14,16,18-20H,12,15,17H2,1-6H3,(H,27,30)/t20-/m1/s1. The number of methoxy groups -OCH3 is 1. The summed E-state index contributed by atoms with van der Waals surface area (Å²) >= 11 is 0. The van der Waals surface area contributed by atoms with Crippen molar-refractivity contribution in [1.82, 2.24) is 10.2 Å². The van der Waals surface area contributed by atoms with Gasteiger partial charge in [0.15, 0.2) is 0 Å². The van der Waals surface area contributed by atoms with Crippen LogP contribution < -0.4 is 10.1 Å². The van der Waals surface area contributed by atoms with Crippen LogP contribution in [-0.4, -0.2) is 35.9 Å². The van der Waals surface area contributed by atoms with Gasteiger partial charge in [0.05, 0.1) is 7.11 Å². The normalized spacial score (nSPS) is 12.0. The van der Waals surface area contributed by atoms with Crippen molar-refractivity contribution in [3.63, 3.8) is 0 Å². The smallest absolute Gasteiger partial charge is 0.242 e. The highest BCUT2D eigenvalue weighted by Gasteiger charge is 2.26. The number of nitrogens with one attached hydrogen (secondary N) is 1. The molecule has 0 radical (unpaired) electrons. The van der Waals surface area contributed by atoms with E-state index in [9.17, 15) is 9.59 Å². The second-order valence-corrected chi connectivity index (χ2v) is 8.61. The van der Waals surface area contributed by atoms with Gasteiger partial charge in [0.1, 0.15) is 11.8 Å². The van der Waals surface area contributed by atoms with Crippen LogP contribution in [0, 0.1) is 0 Å². The maximum atomic E-state index is 13.2. The summed E-state index contributed by atoms with van der Waals surface area (Å²) < 4.78 is 5.31. The molecule has 0 spiro atoms. The summed E-state index contributed by atoms with van der Waals surface area (Å²) in [5.74, 6) is 1.03. The number of amides is 2. The first-order chi connectivity index (χ1) is 14.7. The monoisotopic (exact) mass is 424 g/mol. The Labute approximate surface area is 186 Å². The summed E-state index contributed by atoms with van der Waals surface area (Å²) in [5.41, 5.74) is 3.34. The number of carbonyl (C=O) groups excluding carboxylic acids is 2. The molecule has 5 heteroatoms. The summed E-state index contributed by atoms with van der Waals surface area (Å²) in [6, 6.07) is 15.5. The number of benzene rings is 2. The number of carbonyl (C=O) groups is 2. The molecule has 0 saturated heterocycles. The summed E-state index contributed by atoms with van der Waals surface area (Å²) in [4.78, 5) is 27.5. The van der Waals surface area contributed by atoms with Crippen LogP contribution in [0.25, 0.3) is 0 Å². The number of aryl methyl sites for hydroxylation is 1. The average Bonchev–Trinajstić information content (AvgIpc) is 2.75. The van der Waals surface area contributed by atoms with Crippen molar-refractivity contribution in [2.24, 2.45) is 0 Å². The van der Waals surface area contributed by atoms with Crippen molar-refractivity contribution in [2.75, 3.05) is 7.11 Å². The third kappa shape index (κ3) is 7.42. The first-order valence-corrected chi connectivity index (χ1v) is 11.0. The van der Waals surface area contributed by atoms with E-state index in [0.29, 0.717) is 25.3 Å². The number of nitrogens with zero attached hydrogens (tertiary/aromatic N) is 1. The number of ether oxygens (including phenoxy) is 1. The fraction of sp³-hybridized carbons (Fsp3) is 0.462. The van der Waals surface area contributed by atoms with Crippen molar-refractivity contribution >= 4 is 11.8 Å². The van der Waals surface area contributed by atoms with E-state index in [2.05, 4.69) is 43.4 Å². The van der Waals surface area contributed by atoms with Gasteiger partial charge in [-0.05, 0) is 61.9 Å². The van der Waals surface area contributed by atoms with E-state index in [1.54, 1.807) is 18.9 Å². The highest BCUT2D eigenvalue weighted by molar-refractivity contribution is 5.87. The molecule has 2 amide bonds. The molecule has 168 valence electrons. The van der Waals surface area contributed by atoms with Crippen LogP contribution in [0.1, 0.15) is 63.6 Å². The summed E-state index contributed by atoms with van der Waals surface area (Å²) in [6.07, 6.45) is 0.995. The summed E-state index contributed by atoms with van der Waals surface area (Å²) in [7, 11) is 1.62. The van der Waals surface area contributed by atoms with Gasteiger partial charge in [-0.15, -0.1) is 0 Å². The summed E-state index contributed by atoms with van der Waals surface area (Å²) in [5, 5.41) is 2.92. The van der Waals surface area contributed by atoms with E-state index >= 15 is 0 Å². The molecule has 0 aliphatic heterocycles. The Kier molecular flexibility index (Phi) is 9.10. The molecule has 0 aliphatic rings. The van der Waals surface area contributed by atoms with Crippen LogP contribution in [0.15, 0.2) is 48.5 Å². The Morgan fingerprint density at radius 1 is 0.968 bits per heavy atom. The van der Waals surface area contributed by atoms with Gasteiger partial charge in [-0.2, -0.15) is 0 Å². The second kappa shape index (κ2) is 11.5. The van der Waals surface area contributed by atoms with Gasteiger partial charge in [0.2, 0.25) is 11.8 Å². The molecule has 0 unspecified atom stereocenters. The zero-order valence-electron chi connectivity index (χ0n) is 19.6. The maximum Gasteiger partial charge on any atom is 0.242 e. The van der Waals surface area contributed by atoms with Crippen LogP contribution in [0.5, 0.6) is 5.75 Å². The van der Waals surface area contributed by atoms with Gasteiger partial charge in [0.25, 0.3) is 0 Å². The number of rotatable bonds is 10. The molecular formula is C26H36N2O3. The molecule has 5 nitrogen and oxygen atoms in total. The van der Waals surface area contributed by atoms with Crippen LogP contribution in [0.4, 0.5) is 0 Å². The molecule has 2 aromatic rings. The first kappa shape index (κ1) is 24.4. The quantitative estimate of drug-likeness (QED) is 0.602. The van der Waals surface area contributed by atoms with Crippen molar-refractivity contribution < 1.29 is 14.3 Å². The molecular weight excluding hydrogens is 388 g/mol. The molecule has 1 N–H and O–H groups in total. The highest BCUT2D eigenvalue weighted by Crippen LogP contribution is 2.19. The molecule has 0 bridgehead atoms. The minimum atomic E-state index is -0.565. The molecule has 0 saturated carbocycles. The zero-order valence-corrected chi connectivity index (χ0v) is 19.6. The van der Waals surface area contributed by atoms with E-state index in [4.69, 9.17) is 4.74 Å². The Bertz CT molecular complexity index is 859. The minimum Gasteiger partial charge on any atom is -0.497 e. The third-order valence-electron chi connectivity index (χ3n) is 5.36. The lowest BCUT2D eigenvalue weighted by atomic mass is 10.00. The first-order valence-electron chi connectivity index (χ1n) is 11.0. The SMILES string of the molecule is COc1cccc(CN(C(=O)CCc2ccc(C(C)C)cc2)[C@H](C)C(=O)NC(C)C)c1. The molecule has 0 aromatic heterocycles. The van der Waals surface area contributed by atoms with Crippen LogP contribution in [0.2, 0.25) is 0 Å². The van der Waals surface area contributed by atoms with E-state index in [0.717, 1.165) is 16.9 Å². The Balaban J connectivity index is 2.15. The Hall–Kier alpha value is -2.82. The number of hydrogen-bond donors (Lipinski definition) is 1. The number of hydrogen-bond acceptors (Lipinski definition) is 3. The van der Waals surface area contributed by atoms with E-state index in [1.807, 2.05) is 38.1 Å². The van der Waals surface area contributed by atoms with Crippen LogP contribution in [-0.2, 0) is 22.6 Å². The van der Waals surface area contributed by atoms with Crippen LogP contribution >= 0.6 is 0 Å². The van der Waals surface area contributed by atoms with E-state index in [1.165, 1.54) is 5.56 Å². The lowest BCUT2D eigenvalue weighted by Crippen LogP contribution is -2.49. The van der Waals surface area contributed by atoms with Crippen molar-refractivity contribution in [1.29, 1.82) is 0 Å². The topological polar surface area (TPSA) is 58.6 Å². The molecule has 1 atom stereocenters. The van der Waals surface area contributed by atoms with Gasteiger partial charge in [0, 0.05) is 19.0 Å².